The smallest absolute Gasteiger partial charge is 0.240 e. The van der Waals surface area contributed by atoms with E-state index in [1.807, 2.05) is 30.3 Å². The maximum atomic E-state index is 13.0. The molecular weight excluding hydrogens is 336 g/mol. The minimum absolute atomic E-state index is 0.113. The van der Waals surface area contributed by atoms with Crippen molar-refractivity contribution in [1.29, 1.82) is 0 Å². The van der Waals surface area contributed by atoms with E-state index in [0.29, 0.717) is 13.2 Å². The maximum absolute atomic E-state index is 13.0. The number of nitrogens with zero attached hydrogens (tertiary/aromatic N) is 1. The van der Waals surface area contributed by atoms with Crippen molar-refractivity contribution in [1.82, 2.24) is 10.2 Å². The lowest BCUT2D eigenvalue weighted by Gasteiger charge is -2.43. The Morgan fingerprint density at radius 1 is 1.11 bits per heavy atom. The molecular formula is C23H30N2O2. The van der Waals surface area contributed by atoms with Gasteiger partial charge in [-0.1, -0.05) is 48.0 Å². The summed E-state index contributed by atoms with van der Waals surface area (Å²) >= 11 is 0. The maximum Gasteiger partial charge on any atom is 0.240 e. The number of nitrogens with one attached hydrogen (secondary N) is 1. The molecule has 1 amide bonds. The molecule has 144 valence electrons. The molecule has 1 fully saturated rings. The number of hydrogen-bond acceptors (Lipinski definition) is 3. The van der Waals surface area contributed by atoms with Gasteiger partial charge in [0.2, 0.25) is 5.91 Å². The molecule has 1 unspecified atom stereocenters. The fourth-order valence-electron chi connectivity index (χ4n) is 3.66. The first-order valence-electron chi connectivity index (χ1n) is 9.85. The number of amides is 1. The second-order valence-electron chi connectivity index (χ2n) is 7.55. The van der Waals surface area contributed by atoms with Gasteiger partial charge in [0, 0.05) is 13.1 Å². The van der Waals surface area contributed by atoms with Crippen LogP contribution < -0.4 is 10.1 Å². The first kappa shape index (κ1) is 19.4. The molecule has 1 heterocycles. The van der Waals surface area contributed by atoms with Gasteiger partial charge in [0.15, 0.2) is 0 Å². The molecule has 0 spiro atoms. The molecule has 1 N–H and O–H groups in total. The topological polar surface area (TPSA) is 41.6 Å². The molecule has 4 heteroatoms. The van der Waals surface area contributed by atoms with E-state index in [0.717, 1.165) is 43.7 Å². The highest BCUT2D eigenvalue weighted by atomic mass is 16.5. The lowest BCUT2D eigenvalue weighted by atomic mass is 9.87. The third-order valence-electron chi connectivity index (χ3n) is 5.48. The molecule has 0 aliphatic carbocycles. The Hall–Kier alpha value is -2.33. The predicted molar refractivity (Wildman–Crippen MR) is 109 cm³/mol. The Morgan fingerprint density at radius 2 is 1.85 bits per heavy atom. The van der Waals surface area contributed by atoms with Crippen molar-refractivity contribution in [2.24, 2.45) is 0 Å². The van der Waals surface area contributed by atoms with Crippen molar-refractivity contribution in [2.45, 2.75) is 45.2 Å². The molecule has 0 bridgehead atoms. The zero-order valence-electron chi connectivity index (χ0n) is 16.4. The summed E-state index contributed by atoms with van der Waals surface area (Å²) < 4.78 is 5.85. The number of carbonyl (C=O) groups excluding carboxylic acids is 1. The third-order valence-corrected chi connectivity index (χ3v) is 5.48. The highest BCUT2D eigenvalue weighted by Crippen LogP contribution is 2.28. The fraction of sp³-hybridized carbons (Fsp3) is 0.435. The summed E-state index contributed by atoms with van der Waals surface area (Å²) in [6.07, 6.45) is 3.11. The Balaban J connectivity index is 1.56. The van der Waals surface area contributed by atoms with Crippen LogP contribution in [0.2, 0.25) is 0 Å². The summed E-state index contributed by atoms with van der Waals surface area (Å²) in [5, 5.41) is 3.15. The number of rotatable bonds is 7. The van der Waals surface area contributed by atoms with Gasteiger partial charge in [0.1, 0.15) is 12.4 Å². The third kappa shape index (κ3) is 5.10. The highest BCUT2D eigenvalue weighted by molar-refractivity contribution is 5.86. The van der Waals surface area contributed by atoms with E-state index in [1.165, 1.54) is 5.56 Å². The molecule has 2 aromatic carbocycles. The molecule has 0 aromatic heterocycles. The molecule has 4 nitrogen and oxygen atoms in total. The Labute approximate surface area is 162 Å². The lowest BCUT2D eigenvalue weighted by Crippen LogP contribution is -2.59. The predicted octanol–water partition coefficient (Wildman–Crippen LogP) is 3.93. The van der Waals surface area contributed by atoms with E-state index in [4.69, 9.17) is 4.74 Å². The minimum atomic E-state index is -0.469. The molecule has 2 aromatic rings. The van der Waals surface area contributed by atoms with Gasteiger partial charge in [0.05, 0.1) is 5.54 Å². The Kier molecular flexibility index (Phi) is 6.51. The second-order valence-corrected chi connectivity index (χ2v) is 7.55. The SMILES string of the molecule is Cc1ccc(CNC(=O)C2(C)CCCCN2CCOc2ccccc2)cc1. The summed E-state index contributed by atoms with van der Waals surface area (Å²) in [6.45, 7) is 6.99. The molecule has 0 saturated carbocycles. The number of aryl methyl sites for hydroxylation is 1. The summed E-state index contributed by atoms with van der Waals surface area (Å²) in [5.74, 6) is 0.988. The van der Waals surface area contributed by atoms with Crippen LogP contribution in [-0.4, -0.2) is 36.0 Å². The molecule has 1 atom stereocenters. The van der Waals surface area contributed by atoms with Crippen molar-refractivity contribution in [2.75, 3.05) is 19.7 Å². The van der Waals surface area contributed by atoms with Crippen LogP contribution in [0.15, 0.2) is 54.6 Å². The van der Waals surface area contributed by atoms with Gasteiger partial charge >= 0.3 is 0 Å². The molecule has 1 aliphatic heterocycles. The largest absolute Gasteiger partial charge is 0.492 e. The number of para-hydroxylation sites is 1. The van der Waals surface area contributed by atoms with Crippen molar-refractivity contribution in [3.8, 4) is 5.75 Å². The summed E-state index contributed by atoms with van der Waals surface area (Å²) in [6, 6.07) is 18.2. The Morgan fingerprint density at radius 3 is 2.59 bits per heavy atom. The number of likely N-dealkylation sites (tertiary alicyclic amines) is 1. The van der Waals surface area contributed by atoms with E-state index >= 15 is 0 Å². The van der Waals surface area contributed by atoms with Crippen LogP contribution in [0.25, 0.3) is 0 Å². The van der Waals surface area contributed by atoms with E-state index in [-0.39, 0.29) is 5.91 Å². The van der Waals surface area contributed by atoms with Gasteiger partial charge in [0.25, 0.3) is 0 Å². The van der Waals surface area contributed by atoms with Gasteiger partial charge in [-0.2, -0.15) is 0 Å². The zero-order chi connectivity index (χ0) is 19.1. The first-order valence-corrected chi connectivity index (χ1v) is 9.85. The quantitative estimate of drug-likeness (QED) is 0.807. The molecule has 27 heavy (non-hydrogen) atoms. The van der Waals surface area contributed by atoms with Gasteiger partial charge in [-0.25, -0.2) is 0 Å². The molecule has 0 radical (unpaired) electrons. The van der Waals surface area contributed by atoms with Crippen LogP contribution in [0, 0.1) is 6.92 Å². The van der Waals surface area contributed by atoms with Crippen molar-refractivity contribution in [3.63, 3.8) is 0 Å². The monoisotopic (exact) mass is 366 g/mol. The van der Waals surface area contributed by atoms with Crippen molar-refractivity contribution >= 4 is 5.91 Å². The number of piperidine rings is 1. The van der Waals surface area contributed by atoms with E-state index in [9.17, 15) is 4.79 Å². The normalized spacial score (nSPS) is 20.2. The van der Waals surface area contributed by atoms with Crippen LogP contribution in [0.1, 0.15) is 37.3 Å². The standard InChI is InChI=1S/C23H30N2O2/c1-19-10-12-20(13-11-19)18-24-22(26)23(2)14-6-7-15-25(23)16-17-27-21-8-4-3-5-9-21/h3-5,8-13H,6-7,14-18H2,1-2H3,(H,24,26). The highest BCUT2D eigenvalue weighted by Gasteiger charge is 2.40. The average molecular weight is 367 g/mol. The van der Waals surface area contributed by atoms with Gasteiger partial charge in [-0.05, 0) is 57.4 Å². The number of ether oxygens (including phenoxy) is 1. The first-order chi connectivity index (χ1) is 13.1. The van der Waals surface area contributed by atoms with Crippen LogP contribution >= 0.6 is 0 Å². The van der Waals surface area contributed by atoms with E-state index in [2.05, 4.69) is 48.3 Å². The van der Waals surface area contributed by atoms with Crippen molar-refractivity contribution in [3.05, 3.63) is 65.7 Å². The Bertz CT molecular complexity index is 730. The molecule has 1 aliphatic rings. The van der Waals surface area contributed by atoms with E-state index in [1.54, 1.807) is 0 Å². The number of carbonyl (C=O) groups is 1. The van der Waals surface area contributed by atoms with Crippen LogP contribution in [-0.2, 0) is 11.3 Å². The average Bonchev–Trinajstić information content (AvgIpc) is 2.69. The summed E-state index contributed by atoms with van der Waals surface area (Å²) in [4.78, 5) is 15.3. The summed E-state index contributed by atoms with van der Waals surface area (Å²) in [5.41, 5.74) is 1.89. The van der Waals surface area contributed by atoms with Crippen LogP contribution in [0.5, 0.6) is 5.75 Å². The number of benzene rings is 2. The van der Waals surface area contributed by atoms with Gasteiger partial charge < -0.3 is 10.1 Å². The van der Waals surface area contributed by atoms with Crippen LogP contribution in [0.4, 0.5) is 0 Å². The second kappa shape index (κ2) is 9.05. The van der Waals surface area contributed by atoms with Gasteiger partial charge in [-0.15, -0.1) is 0 Å². The molecule has 3 rings (SSSR count). The zero-order valence-corrected chi connectivity index (χ0v) is 16.4. The summed E-state index contributed by atoms with van der Waals surface area (Å²) in [7, 11) is 0. The van der Waals surface area contributed by atoms with Gasteiger partial charge in [-0.3, -0.25) is 9.69 Å². The van der Waals surface area contributed by atoms with Crippen molar-refractivity contribution < 1.29 is 9.53 Å². The fourth-order valence-corrected chi connectivity index (χ4v) is 3.66. The lowest BCUT2D eigenvalue weighted by molar-refractivity contribution is -0.135. The minimum Gasteiger partial charge on any atom is -0.492 e. The number of hydrogen-bond donors (Lipinski definition) is 1. The van der Waals surface area contributed by atoms with E-state index < -0.39 is 5.54 Å². The van der Waals surface area contributed by atoms with Crippen LogP contribution in [0.3, 0.4) is 0 Å². The molecule has 1 saturated heterocycles.